The van der Waals surface area contributed by atoms with Crippen LogP contribution in [0.2, 0.25) is 0 Å². The number of halogens is 1. The van der Waals surface area contributed by atoms with Crippen molar-refractivity contribution >= 4 is 33.5 Å². The summed E-state index contributed by atoms with van der Waals surface area (Å²) in [5.41, 5.74) is 2.94. The molecular formula is C16H18ClN3O. The average molecular weight is 304 g/mol. The van der Waals surface area contributed by atoms with E-state index in [-0.39, 0.29) is 5.38 Å². The van der Waals surface area contributed by atoms with Crippen LogP contribution in [0.5, 0.6) is 0 Å². The first-order valence-corrected chi connectivity index (χ1v) is 7.61. The summed E-state index contributed by atoms with van der Waals surface area (Å²) in [6, 6.07) is 8.10. The quantitative estimate of drug-likeness (QED) is 0.530. The lowest BCUT2D eigenvalue weighted by Crippen LogP contribution is -2.10. The van der Waals surface area contributed by atoms with Gasteiger partial charge in [-0.3, -0.25) is 4.98 Å². The van der Waals surface area contributed by atoms with Crippen LogP contribution >= 0.6 is 11.6 Å². The van der Waals surface area contributed by atoms with E-state index in [9.17, 15) is 0 Å². The highest BCUT2D eigenvalue weighted by Gasteiger charge is 2.17. The molecule has 0 radical (unpaired) electrons. The minimum atomic E-state index is -0.155. The molecule has 3 rings (SSSR count). The topological polar surface area (TPSA) is 39.9 Å². The summed E-state index contributed by atoms with van der Waals surface area (Å²) in [7, 11) is 0. The van der Waals surface area contributed by atoms with E-state index < -0.39 is 0 Å². The van der Waals surface area contributed by atoms with Crippen LogP contribution < -0.4 is 0 Å². The standard InChI is InChI=1S/C16H18ClN3O/c1-3-21-9-8-20-15-12-6-4-5-7-13(12)18-10-14(15)19-16(20)11(2)17/h4-7,10-11H,3,8-9H2,1-2H3. The maximum atomic E-state index is 6.30. The number of para-hydroxylation sites is 1. The van der Waals surface area contributed by atoms with Gasteiger partial charge in [0.15, 0.2) is 0 Å². The van der Waals surface area contributed by atoms with Crippen molar-refractivity contribution in [1.82, 2.24) is 14.5 Å². The van der Waals surface area contributed by atoms with Crippen molar-refractivity contribution in [3.63, 3.8) is 0 Å². The van der Waals surface area contributed by atoms with Crippen molar-refractivity contribution < 1.29 is 4.74 Å². The molecule has 1 unspecified atom stereocenters. The smallest absolute Gasteiger partial charge is 0.127 e. The molecule has 0 bridgehead atoms. The van der Waals surface area contributed by atoms with Gasteiger partial charge in [-0.25, -0.2) is 4.98 Å². The molecule has 0 N–H and O–H groups in total. The van der Waals surface area contributed by atoms with Gasteiger partial charge in [0.1, 0.15) is 11.3 Å². The number of hydrogen-bond donors (Lipinski definition) is 0. The molecule has 2 aromatic heterocycles. The molecule has 0 aliphatic carbocycles. The SMILES string of the molecule is CCOCCn1c(C(C)Cl)nc2cnc3ccccc3c21. The molecule has 0 fully saturated rings. The van der Waals surface area contributed by atoms with Crippen LogP contribution in [0.4, 0.5) is 0 Å². The molecule has 0 amide bonds. The Balaban J connectivity index is 2.23. The average Bonchev–Trinajstić information content (AvgIpc) is 2.87. The van der Waals surface area contributed by atoms with Crippen molar-refractivity contribution in [3.05, 3.63) is 36.3 Å². The number of pyridine rings is 1. The van der Waals surface area contributed by atoms with Gasteiger partial charge in [-0.1, -0.05) is 18.2 Å². The molecule has 0 aliphatic heterocycles. The molecule has 21 heavy (non-hydrogen) atoms. The third-order valence-corrected chi connectivity index (χ3v) is 3.72. The lowest BCUT2D eigenvalue weighted by Gasteiger charge is -2.11. The van der Waals surface area contributed by atoms with Crippen LogP contribution in [0.3, 0.4) is 0 Å². The number of rotatable bonds is 5. The summed E-state index contributed by atoms with van der Waals surface area (Å²) < 4.78 is 7.65. The van der Waals surface area contributed by atoms with E-state index >= 15 is 0 Å². The fourth-order valence-electron chi connectivity index (χ4n) is 2.61. The Labute approximate surface area is 128 Å². The van der Waals surface area contributed by atoms with Gasteiger partial charge in [-0.15, -0.1) is 11.6 Å². The monoisotopic (exact) mass is 303 g/mol. The highest BCUT2D eigenvalue weighted by molar-refractivity contribution is 6.20. The van der Waals surface area contributed by atoms with E-state index in [0.29, 0.717) is 13.2 Å². The highest BCUT2D eigenvalue weighted by Crippen LogP contribution is 2.28. The fraction of sp³-hybridized carbons (Fsp3) is 0.375. The zero-order valence-electron chi connectivity index (χ0n) is 12.2. The third kappa shape index (κ3) is 2.61. The molecule has 4 nitrogen and oxygen atoms in total. The van der Waals surface area contributed by atoms with E-state index in [4.69, 9.17) is 16.3 Å². The summed E-state index contributed by atoms with van der Waals surface area (Å²) >= 11 is 6.30. The van der Waals surface area contributed by atoms with Crippen LogP contribution in [-0.2, 0) is 11.3 Å². The Morgan fingerprint density at radius 1 is 1.29 bits per heavy atom. The molecule has 0 spiro atoms. The van der Waals surface area contributed by atoms with Gasteiger partial charge in [0.25, 0.3) is 0 Å². The van der Waals surface area contributed by atoms with Crippen molar-refractivity contribution in [2.45, 2.75) is 25.8 Å². The Kier molecular flexibility index (Phi) is 4.08. The lowest BCUT2D eigenvalue weighted by atomic mass is 10.2. The summed E-state index contributed by atoms with van der Waals surface area (Å²) in [5.74, 6) is 0.865. The Hall–Kier alpha value is -1.65. The van der Waals surface area contributed by atoms with Gasteiger partial charge in [-0.2, -0.15) is 0 Å². The largest absolute Gasteiger partial charge is 0.380 e. The number of imidazole rings is 1. The molecule has 1 atom stereocenters. The van der Waals surface area contributed by atoms with E-state index in [1.807, 2.05) is 38.2 Å². The second kappa shape index (κ2) is 6.00. The summed E-state index contributed by atoms with van der Waals surface area (Å²) in [6.45, 7) is 6.03. The van der Waals surface area contributed by atoms with Crippen molar-refractivity contribution in [1.29, 1.82) is 0 Å². The van der Waals surface area contributed by atoms with Crippen molar-refractivity contribution in [2.24, 2.45) is 0 Å². The van der Waals surface area contributed by atoms with Crippen molar-refractivity contribution in [3.8, 4) is 0 Å². The van der Waals surface area contributed by atoms with Crippen LogP contribution in [0.1, 0.15) is 25.0 Å². The van der Waals surface area contributed by atoms with E-state index in [2.05, 4.69) is 20.6 Å². The molecule has 110 valence electrons. The molecule has 3 aromatic rings. The minimum absolute atomic E-state index is 0.155. The zero-order chi connectivity index (χ0) is 14.8. The molecular weight excluding hydrogens is 286 g/mol. The molecule has 0 saturated carbocycles. The van der Waals surface area contributed by atoms with Crippen LogP contribution in [0.25, 0.3) is 21.9 Å². The zero-order valence-corrected chi connectivity index (χ0v) is 13.0. The molecule has 5 heteroatoms. The van der Waals surface area contributed by atoms with E-state index in [1.54, 1.807) is 0 Å². The molecule has 2 heterocycles. The Bertz CT molecular complexity index is 767. The second-order valence-electron chi connectivity index (χ2n) is 4.94. The highest BCUT2D eigenvalue weighted by atomic mass is 35.5. The maximum Gasteiger partial charge on any atom is 0.127 e. The number of alkyl halides is 1. The van der Waals surface area contributed by atoms with Gasteiger partial charge in [0.2, 0.25) is 0 Å². The van der Waals surface area contributed by atoms with Gasteiger partial charge in [-0.05, 0) is 19.9 Å². The lowest BCUT2D eigenvalue weighted by molar-refractivity contribution is 0.139. The van der Waals surface area contributed by atoms with Gasteiger partial charge >= 0.3 is 0 Å². The Morgan fingerprint density at radius 3 is 2.86 bits per heavy atom. The molecule has 1 aromatic carbocycles. The van der Waals surface area contributed by atoms with Crippen LogP contribution in [0, 0.1) is 0 Å². The third-order valence-electron chi connectivity index (χ3n) is 3.53. The fourth-order valence-corrected chi connectivity index (χ4v) is 2.78. The van der Waals surface area contributed by atoms with Gasteiger partial charge in [0.05, 0.1) is 29.2 Å². The number of hydrogen-bond acceptors (Lipinski definition) is 3. The number of nitrogens with zero attached hydrogens (tertiary/aromatic N) is 3. The van der Waals surface area contributed by atoms with Crippen LogP contribution in [-0.4, -0.2) is 27.7 Å². The maximum absolute atomic E-state index is 6.30. The number of fused-ring (bicyclic) bond motifs is 3. The van der Waals surface area contributed by atoms with Gasteiger partial charge in [0, 0.05) is 18.5 Å². The predicted molar refractivity (Wildman–Crippen MR) is 85.8 cm³/mol. The Morgan fingerprint density at radius 2 is 2.10 bits per heavy atom. The summed E-state index contributed by atoms with van der Waals surface area (Å²) in [4.78, 5) is 9.12. The minimum Gasteiger partial charge on any atom is -0.380 e. The second-order valence-corrected chi connectivity index (χ2v) is 5.60. The normalized spacial score (nSPS) is 13.1. The number of aromatic nitrogens is 3. The van der Waals surface area contributed by atoms with Crippen LogP contribution in [0.15, 0.2) is 30.5 Å². The van der Waals surface area contributed by atoms with Gasteiger partial charge < -0.3 is 9.30 Å². The summed E-state index contributed by atoms with van der Waals surface area (Å²) in [6.07, 6.45) is 1.82. The van der Waals surface area contributed by atoms with E-state index in [1.165, 1.54) is 0 Å². The summed E-state index contributed by atoms with van der Waals surface area (Å²) in [5, 5.41) is 0.945. The first-order valence-electron chi connectivity index (χ1n) is 7.18. The van der Waals surface area contributed by atoms with E-state index in [0.717, 1.165) is 34.3 Å². The number of benzene rings is 1. The first kappa shape index (κ1) is 14.3. The number of ether oxygens (including phenoxy) is 1. The van der Waals surface area contributed by atoms with Crippen molar-refractivity contribution in [2.75, 3.05) is 13.2 Å². The first-order chi connectivity index (χ1) is 10.2. The molecule has 0 saturated heterocycles. The molecule has 0 aliphatic rings. The predicted octanol–water partition coefficient (Wildman–Crippen LogP) is 3.92.